The minimum atomic E-state index is -0.0303. The molecule has 0 saturated heterocycles. The van der Waals surface area contributed by atoms with Crippen LogP contribution in [0.4, 0.5) is 5.69 Å². The van der Waals surface area contributed by atoms with Gasteiger partial charge in [0.1, 0.15) is 11.6 Å². The number of benzene rings is 2. The van der Waals surface area contributed by atoms with Gasteiger partial charge in [0.15, 0.2) is 0 Å². The van der Waals surface area contributed by atoms with Gasteiger partial charge in [0.05, 0.1) is 7.11 Å². The molecule has 0 radical (unpaired) electrons. The quantitative estimate of drug-likeness (QED) is 0.787. The number of aryl methyl sites for hydroxylation is 1. The first-order valence-corrected chi connectivity index (χ1v) is 8.33. The number of halogens is 1. The van der Waals surface area contributed by atoms with E-state index < -0.39 is 0 Å². The van der Waals surface area contributed by atoms with E-state index in [2.05, 4.69) is 19.1 Å². The predicted octanol–water partition coefficient (Wildman–Crippen LogP) is 4.27. The van der Waals surface area contributed by atoms with Gasteiger partial charge in [-0.1, -0.05) is 18.2 Å². The molecule has 1 amide bonds. The van der Waals surface area contributed by atoms with Gasteiger partial charge in [0.25, 0.3) is 0 Å². The van der Waals surface area contributed by atoms with Crippen molar-refractivity contribution >= 4 is 23.2 Å². The first kappa shape index (κ1) is 15.9. The number of alkyl halides is 1. The second-order valence-electron chi connectivity index (χ2n) is 5.86. The van der Waals surface area contributed by atoms with Crippen LogP contribution in [0.15, 0.2) is 42.5 Å². The van der Waals surface area contributed by atoms with Crippen molar-refractivity contribution in [2.75, 3.05) is 17.9 Å². The molecule has 0 bridgehead atoms. The van der Waals surface area contributed by atoms with Crippen LogP contribution in [-0.4, -0.2) is 24.9 Å². The van der Waals surface area contributed by atoms with Crippen molar-refractivity contribution in [3.63, 3.8) is 0 Å². The number of amides is 1. The van der Waals surface area contributed by atoms with Crippen molar-refractivity contribution in [1.82, 2.24) is 0 Å². The summed E-state index contributed by atoms with van der Waals surface area (Å²) < 4.78 is 5.20. The van der Waals surface area contributed by atoms with Gasteiger partial charge in [-0.05, 0) is 60.7 Å². The van der Waals surface area contributed by atoms with Crippen molar-refractivity contribution < 1.29 is 9.53 Å². The number of anilines is 1. The summed E-state index contributed by atoms with van der Waals surface area (Å²) in [4.78, 5) is 14.0. The zero-order valence-corrected chi connectivity index (χ0v) is 14.1. The largest absolute Gasteiger partial charge is 0.497 e. The molecule has 0 aromatic heterocycles. The third-order valence-electron chi connectivity index (χ3n) is 4.42. The van der Waals surface area contributed by atoms with E-state index in [9.17, 15) is 4.79 Å². The standard InChI is InChI=1S/C19H20ClNO2/c1-13-3-4-16-11-15(14-5-8-17(23-2)9-6-14)7-10-18(16)21(13)19(22)12-20/h5-11,13H,3-4,12H2,1-2H3. The molecular weight excluding hydrogens is 310 g/mol. The lowest BCUT2D eigenvalue weighted by molar-refractivity contribution is -0.116. The van der Waals surface area contributed by atoms with Crippen molar-refractivity contribution in [2.45, 2.75) is 25.8 Å². The number of hydrogen-bond acceptors (Lipinski definition) is 2. The minimum Gasteiger partial charge on any atom is -0.497 e. The van der Waals surface area contributed by atoms with Crippen LogP contribution in [0, 0.1) is 0 Å². The van der Waals surface area contributed by atoms with Crippen molar-refractivity contribution in [2.24, 2.45) is 0 Å². The van der Waals surface area contributed by atoms with E-state index in [1.807, 2.05) is 35.2 Å². The molecule has 0 fully saturated rings. The number of ether oxygens (including phenoxy) is 1. The molecule has 0 aliphatic carbocycles. The summed E-state index contributed by atoms with van der Waals surface area (Å²) in [6.07, 6.45) is 1.94. The lowest BCUT2D eigenvalue weighted by Gasteiger charge is -2.35. The van der Waals surface area contributed by atoms with Gasteiger partial charge < -0.3 is 9.64 Å². The Kier molecular flexibility index (Phi) is 4.58. The number of methoxy groups -OCH3 is 1. The number of carbonyl (C=O) groups excluding carboxylic acids is 1. The molecule has 1 aliphatic heterocycles. The second kappa shape index (κ2) is 6.63. The number of nitrogens with zero attached hydrogens (tertiary/aromatic N) is 1. The van der Waals surface area contributed by atoms with Gasteiger partial charge in [0, 0.05) is 11.7 Å². The first-order chi connectivity index (χ1) is 11.1. The number of rotatable bonds is 3. The Bertz CT molecular complexity index is 712. The Hall–Kier alpha value is -2.00. The summed E-state index contributed by atoms with van der Waals surface area (Å²) >= 11 is 5.77. The molecule has 1 unspecified atom stereocenters. The highest BCUT2D eigenvalue weighted by atomic mass is 35.5. The molecule has 120 valence electrons. The van der Waals surface area contributed by atoms with E-state index in [0.29, 0.717) is 0 Å². The lowest BCUT2D eigenvalue weighted by atomic mass is 9.93. The van der Waals surface area contributed by atoms with Crippen LogP contribution in [0.1, 0.15) is 18.9 Å². The Morgan fingerprint density at radius 1 is 1.22 bits per heavy atom. The maximum Gasteiger partial charge on any atom is 0.242 e. The minimum absolute atomic E-state index is 0.0179. The highest BCUT2D eigenvalue weighted by Gasteiger charge is 2.27. The Balaban J connectivity index is 1.97. The number of fused-ring (bicyclic) bond motifs is 1. The molecule has 3 nitrogen and oxygen atoms in total. The van der Waals surface area contributed by atoms with E-state index in [4.69, 9.17) is 16.3 Å². The van der Waals surface area contributed by atoms with Crippen LogP contribution in [0.2, 0.25) is 0 Å². The molecule has 1 aliphatic rings. The van der Waals surface area contributed by atoms with Gasteiger partial charge in [-0.25, -0.2) is 0 Å². The predicted molar refractivity (Wildman–Crippen MR) is 94.4 cm³/mol. The summed E-state index contributed by atoms with van der Waals surface area (Å²) in [6, 6.07) is 14.5. The highest BCUT2D eigenvalue weighted by molar-refractivity contribution is 6.29. The maximum absolute atomic E-state index is 12.1. The average Bonchev–Trinajstić information content (AvgIpc) is 2.60. The Morgan fingerprint density at radius 3 is 2.57 bits per heavy atom. The van der Waals surface area contributed by atoms with Crippen molar-refractivity contribution in [3.05, 3.63) is 48.0 Å². The fraction of sp³-hybridized carbons (Fsp3) is 0.316. The van der Waals surface area contributed by atoms with E-state index in [-0.39, 0.29) is 17.8 Å². The SMILES string of the molecule is COc1ccc(-c2ccc3c(c2)CCC(C)N3C(=O)CCl)cc1. The second-order valence-corrected chi connectivity index (χ2v) is 6.12. The molecule has 1 atom stereocenters. The van der Waals surface area contributed by atoms with Crippen LogP contribution in [0.25, 0.3) is 11.1 Å². The molecule has 2 aromatic carbocycles. The van der Waals surface area contributed by atoms with Gasteiger partial charge in [-0.3, -0.25) is 4.79 Å². The van der Waals surface area contributed by atoms with Gasteiger partial charge >= 0.3 is 0 Å². The first-order valence-electron chi connectivity index (χ1n) is 7.79. The van der Waals surface area contributed by atoms with Crippen molar-refractivity contribution in [3.8, 4) is 16.9 Å². The van der Waals surface area contributed by atoms with Crippen LogP contribution >= 0.6 is 11.6 Å². The van der Waals surface area contributed by atoms with E-state index in [0.717, 1.165) is 35.4 Å². The summed E-state index contributed by atoms with van der Waals surface area (Å²) in [5, 5.41) is 0. The van der Waals surface area contributed by atoms with Gasteiger partial charge in [0.2, 0.25) is 5.91 Å². The fourth-order valence-corrected chi connectivity index (χ4v) is 3.29. The topological polar surface area (TPSA) is 29.5 Å². The third-order valence-corrected chi connectivity index (χ3v) is 4.65. The molecule has 0 N–H and O–H groups in total. The number of hydrogen-bond donors (Lipinski definition) is 0. The van der Waals surface area contributed by atoms with Crippen LogP contribution in [0.3, 0.4) is 0 Å². The molecule has 1 heterocycles. The van der Waals surface area contributed by atoms with E-state index in [1.165, 1.54) is 5.56 Å². The zero-order chi connectivity index (χ0) is 16.4. The van der Waals surface area contributed by atoms with Crippen LogP contribution in [0.5, 0.6) is 5.75 Å². The summed E-state index contributed by atoms with van der Waals surface area (Å²) in [5.41, 5.74) is 4.49. The fourth-order valence-electron chi connectivity index (χ4n) is 3.16. The molecule has 4 heteroatoms. The molecule has 0 saturated carbocycles. The Morgan fingerprint density at radius 2 is 1.91 bits per heavy atom. The van der Waals surface area contributed by atoms with E-state index >= 15 is 0 Å². The summed E-state index contributed by atoms with van der Waals surface area (Å²) in [5.74, 6) is 0.834. The normalized spacial score (nSPS) is 16.8. The summed E-state index contributed by atoms with van der Waals surface area (Å²) in [7, 11) is 1.66. The molecule has 2 aromatic rings. The third kappa shape index (κ3) is 3.06. The smallest absolute Gasteiger partial charge is 0.242 e. The highest BCUT2D eigenvalue weighted by Crippen LogP contribution is 2.34. The molecule has 23 heavy (non-hydrogen) atoms. The molecule has 0 spiro atoms. The molecular formula is C19H20ClNO2. The van der Waals surface area contributed by atoms with E-state index in [1.54, 1.807) is 7.11 Å². The maximum atomic E-state index is 12.1. The van der Waals surface area contributed by atoms with Gasteiger partial charge in [-0.2, -0.15) is 0 Å². The molecule has 3 rings (SSSR count). The van der Waals surface area contributed by atoms with Crippen LogP contribution in [-0.2, 0) is 11.2 Å². The lowest BCUT2D eigenvalue weighted by Crippen LogP contribution is -2.42. The Labute approximate surface area is 141 Å². The van der Waals surface area contributed by atoms with Crippen molar-refractivity contribution in [1.29, 1.82) is 0 Å². The zero-order valence-electron chi connectivity index (χ0n) is 13.4. The monoisotopic (exact) mass is 329 g/mol. The summed E-state index contributed by atoms with van der Waals surface area (Å²) in [6.45, 7) is 2.07. The van der Waals surface area contributed by atoms with Gasteiger partial charge in [-0.15, -0.1) is 11.6 Å². The number of carbonyl (C=O) groups is 1. The average molecular weight is 330 g/mol. The van der Waals surface area contributed by atoms with Crippen LogP contribution < -0.4 is 9.64 Å².